The number of nitrogens with one attached hydrogen (secondary N) is 2. The standard InChI is InChI=1S/C20H24N4O2/c1-15(25)13-22-20-23-17-9-5-6-10-18(17)24(20)14-19(26)21-12-11-16-7-3-2-4-8-16/h2-10,15,25H,11-14H2,1H3,(H,21,26)(H,22,23)/t15-/m0/s1. The van der Waals surface area contributed by atoms with Crippen LogP contribution in [0.1, 0.15) is 12.5 Å². The number of imidazole rings is 1. The lowest BCUT2D eigenvalue weighted by atomic mass is 10.1. The van der Waals surface area contributed by atoms with Crippen LogP contribution in [-0.4, -0.2) is 39.8 Å². The maximum atomic E-state index is 12.4. The van der Waals surface area contributed by atoms with Gasteiger partial charge in [-0.25, -0.2) is 4.98 Å². The first-order valence-electron chi connectivity index (χ1n) is 8.81. The monoisotopic (exact) mass is 352 g/mol. The van der Waals surface area contributed by atoms with Crippen LogP contribution in [0.3, 0.4) is 0 Å². The molecule has 136 valence electrons. The van der Waals surface area contributed by atoms with Gasteiger partial charge in [0.1, 0.15) is 6.54 Å². The Bertz CT molecular complexity index is 859. The quantitative estimate of drug-likeness (QED) is 0.581. The maximum Gasteiger partial charge on any atom is 0.240 e. The van der Waals surface area contributed by atoms with Crippen molar-refractivity contribution in [1.82, 2.24) is 14.9 Å². The van der Waals surface area contributed by atoms with E-state index in [0.717, 1.165) is 17.5 Å². The van der Waals surface area contributed by atoms with Gasteiger partial charge in [-0.05, 0) is 31.0 Å². The van der Waals surface area contributed by atoms with Crippen LogP contribution in [0.4, 0.5) is 5.95 Å². The van der Waals surface area contributed by atoms with Crippen LogP contribution in [0.15, 0.2) is 54.6 Å². The van der Waals surface area contributed by atoms with Crippen molar-refractivity contribution in [3.8, 4) is 0 Å². The van der Waals surface area contributed by atoms with Crippen molar-refractivity contribution in [3.05, 3.63) is 60.2 Å². The summed E-state index contributed by atoms with van der Waals surface area (Å²) >= 11 is 0. The summed E-state index contributed by atoms with van der Waals surface area (Å²) in [6.07, 6.45) is 0.299. The molecule has 1 atom stereocenters. The second-order valence-corrected chi connectivity index (χ2v) is 6.33. The number of nitrogens with zero attached hydrogens (tertiary/aromatic N) is 2. The number of amides is 1. The van der Waals surface area contributed by atoms with Gasteiger partial charge in [0.2, 0.25) is 11.9 Å². The number of hydrogen-bond donors (Lipinski definition) is 3. The van der Waals surface area contributed by atoms with E-state index in [9.17, 15) is 9.90 Å². The molecule has 2 aromatic carbocycles. The van der Waals surface area contributed by atoms with E-state index < -0.39 is 6.10 Å². The fourth-order valence-corrected chi connectivity index (χ4v) is 2.80. The molecular weight excluding hydrogens is 328 g/mol. The first-order valence-corrected chi connectivity index (χ1v) is 8.81. The Morgan fingerprint density at radius 1 is 1.15 bits per heavy atom. The van der Waals surface area contributed by atoms with E-state index in [-0.39, 0.29) is 12.5 Å². The van der Waals surface area contributed by atoms with Gasteiger partial charge in [0.05, 0.1) is 17.1 Å². The number of aliphatic hydroxyl groups excluding tert-OH is 1. The highest BCUT2D eigenvalue weighted by atomic mass is 16.3. The second kappa shape index (κ2) is 8.49. The average molecular weight is 352 g/mol. The van der Waals surface area contributed by atoms with E-state index in [1.165, 1.54) is 5.56 Å². The SMILES string of the molecule is C[C@H](O)CNc1nc2ccccc2n1CC(=O)NCCc1ccccc1. The first kappa shape index (κ1) is 17.9. The van der Waals surface area contributed by atoms with E-state index >= 15 is 0 Å². The van der Waals surface area contributed by atoms with Gasteiger partial charge < -0.3 is 20.3 Å². The molecule has 0 saturated carbocycles. The molecule has 0 aliphatic carbocycles. The summed E-state index contributed by atoms with van der Waals surface area (Å²) < 4.78 is 1.84. The highest BCUT2D eigenvalue weighted by molar-refractivity contribution is 5.83. The molecule has 0 saturated heterocycles. The fourth-order valence-electron chi connectivity index (χ4n) is 2.80. The van der Waals surface area contributed by atoms with Crippen molar-refractivity contribution in [1.29, 1.82) is 0 Å². The number of aromatic nitrogens is 2. The van der Waals surface area contributed by atoms with E-state index in [2.05, 4.69) is 15.6 Å². The Morgan fingerprint density at radius 3 is 2.65 bits per heavy atom. The van der Waals surface area contributed by atoms with Crippen molar-refractivity contribution < 1.29 is 9.90 Å². The molecule has 3 rings (SSSR count). The van der Waals surface area contributed by atoms with E-state index in [1.807, 2.05) is 59.2 Å². The lowest BCUT2D eigenvalue weighted by Gasteiger charge is -2.12. The third-order valence-electron chi connectivity index (χ3n) is 4.09. The minimum Gasteiger partial charge on any atom is -0.392 e. The largest absolute Gasteiger partial charge is 0.392 e. The predicted molar refractivity (Wildman–Crippen MR) is 103 cm³/mol. The van der Waals surface area contributed by atoms with E-state index in [0.29, 0.717) is 19.0 Å². The minimum atomic E-state index is -0.497. The molecule has 0 unspecified atom stereocenters. The number of anilines is 1. The predicted octanol–water partition coefficient (Wildman–Crippen LogP) is 2.19. The maximum absolute atomic E-state index is 12.4. The zero-order valence-electron chi connectivity index (χ0n) is 14.9. The van der Waals surface area contributed by atoms with Crippen LogP contribution in [0.25, 0.3) is 11.0 Å². The Kier molecular flexibility index (Phi) is 5.86. The molecule has 0 aliphatic heterocycles. The Morgan fingerprint density at radius 2 is 1.88 bits per heavy atom. The number of carbonyl (C=O) groups is 1. The first-order chi connectivity index (χ1) is 12.6. The van der Waals surface area contributed by atoms with E-state index in [1.54, 1.807) is 6.92 Å². The third kappa shape index (κ3) is 4.61. The fraction of sp³-hybridized carbons (Fsp3) is 0.300. The molecular formula is C20H24N4O2. The van der Waals surface area contributed by atoms with Gasteiger partial charge in [0, 0.05) is 13.1 Å². The summed E-state index contributed by atoms with van der Waals surface area (Å²) in [5, 5.41) is 15.6. The van der Waals surface area contributed by atoms with Crippen LogP contribution in [0.2, 0.25) is 0 Å². The average Bonchev–Trinajstić information content (AvgIpc) is 2.98. The van der Waals surface area contributed by atoms with Gasteiger partial charge in [-0.3, -0.25) is 4.79 Å². The molecule has 1 heterocycles. The zero-order chi connectivity index (χ0) is 18.4. The van der Waals surface area contributed by atoms with Gasteiger partial charge in [-0.15, -0.1) is 0 Å². The molecule has 1 amide bonds. The summed E-state index contributed by atoms with van der Waals surface area (Å²) in [5.74, 6) is 0.523. The second-order valence-electron chi connectivity index (χ2n) is 6.33. The summed E-state index contributed by atoms with van der Waals surface area (Å²) in [4.78, 5) is 16.9. The zero-order valence-corrected chi connectivity index (χ0v) is 14.9. The molecule has 1 aromatic heterocycles. The van der Waals surface area contributed by atoms with Crippen molar-refractivity contribution in [2.24, 2.45) is 0 Å². The number of hydrogen-bond acceptors (Lipinski definition) is 4. The Hall–Kier alpha value is -2.86. The van der Waals surface area contributed by atoms with E-state index in [4.69, 9.17) is 0 Å². The van der Waals surface area contributed by atoms with Crippen LogP contribution in [-0.2, 0) is 17.8 Å². The summed E-state index contributed by atoms with van der Waals surface area (Å²) in [6, 6.07) is 17.8. The lowest BCUT2D eigenvalue weighted by Crippen LogP contribution is -2.30. The lowest BCUT2D eigenvalue weighted by molar-refractivity contribution is -0.121. The molecule has 6 heteroatoms. The van der Waals surface area contributed by atoms with Gasteiger partial charge in [-0.1, -0.05) is 42.5 Å². The van der Waals surface area contributed by atoms with Gasteiger partial charge in [-0.2, -0.15) is 0 Å². The molecule has 3 N–H and O–H groups in total. The summed E-state index contributed by atoms with van der Waals surface area (Å²) in [6.45, 7) is 2.85. The highest BCUT2D eigenvalue weighted by Crippen LogP contribution is 2.19. The summed E-state index contributed by atoms with van der Waals surface area (Å²) in [5.41, 5.74) is 2.90. The van der Waals surface area contributed by atoms with Gasteiger partial charge in [0.15, 0.2) is 0 Å². The molecule has 0 fully saturated rings. The smallest absolute Gasteiger partial charge is 0.240 e. The molecule has 0 radical (unpaired) electrons. The van der Waals surface area contributed by atoms with Crippen molar-refractivity contribution >= 4 is 22.9 Å². The number of carbonyl (C=O) groups excluding carboxylic acids is 1. The van der Waals surface area contributed by atoms with Crippen LogP contribution in [0, 0.1) is 0 Å². The van der Waals surface area contributed by atoms with Crippen molar-refractivity contribution in [3.63, 3.8) is 0 Å². The molecule has 0 aliphatic rings. The van der Waals surface area contributed by atoms with Crippen LogP contribution >= 0.6 is 0 Å². The molecule has 0 spiro atoms. The molecule has 0 bridgehead atoms. The third-order valence-corrected chi connectivity index (χ3v) is 4.09. The number of benzene rings is 2. The van der Waals surface area contributed by atoms with Gasteiger partial charge >= 0.3 is 0 Å². The van der Waals surface area contributed by atoms with Crippen LogP contribution < -0.4 is 10.6 Å². The summed E-state index contributed by atoms with van der Waals surface area (Å²) in [7, 11) is 0. The molecule has 6 nitrogen and oxygen atoms in total. The number of fused-ring (bicyclic) bond motifs is 1. The molecule has 26 heavy (non-hydrogen) atoms. The van der Waals surface area contributed by atoms with Crippen LogP contribution in [0.5, 0.6) is 0 Å². The van der Waals surface area contributed by atoms with Crippen molar-refractivity contribution in [2.45, 2.75) is 26.0 Å². The normalized spacial score (nSPS) is 12.1. The Balaban J connectivity index is 1.66. The highest BCUT2D eigenvalue weighted by Gasteiger charge is 2.13. The topological polar surface area (TPSA) is 79.2 Å². The Labute approximate surface area is 152 Å². The minimum absolute atomic E-state index is 0.0656. The number of aliphatic hydroxyl groups is 1. The van der Waals surface area contributed by atoms with Gasteiger partial charge in [0.25, 0.3) is 0 Å². The number of rotatable bonds is 8. The van der Waals surface area contributed by atoms with Crippen molar-refractivity contribution in [2.75, 3.05) is 18.4 Å². The molecule has 3 aromatic rings. The number of para-hydroxylation sites is 2.